The van der Waals surface area contributed by atoms with Crippen molar-refractivity contribution < 1.29 is 4.74 Å². The molecule has 0 radical (unpaired) electrons. The number of rotatable bonds is 4. The molecule has 2 rings (SSSR count). The average molecular weight is 322 g/mol. The Bertz CT molecular complexity index is 587. The summed E-state index contributed by atoms with van der Waals surface area (Å²) in [7, 11) is 0. The Hall–Kier alpha value is -1.62. The van der Waals surface area contributed by atoms with Gasteiger partial charge >= 0.3 is 0 Å². The minimum atomic E-state index is 0.512. The number of benzene rings is 1. The van der Waals surface area contributed by atoms with Gasteiger partial charge in [0, 0.05) is 6.54 Å². The normalized spacial score (nSPS) is 10.3. The Labute approximate surface area is 121 Å². The van der Waals surface area contributed by atoms with Crippen molar-refractivity contribution in [3.8, 4) is 11.6 Å². The highest BCUT2D eigenvalue weighted by Crippen LogP contribution is 2.33. The lowest BCUT2D eigenvalue weighted by molar-refractivity contribution is 0.455. The highest BCUT2D eigenvalue weighted by Gasteiger charge is 2.11. The molecule has 4 nitrogen and oxygen atoms in total. The quantitative estimate of drug-likeness (QED) is 0.921. The van der Waals surface area contributed by atoms with Crippen LogP contribution in [0.25, 0.3) is 0 Å². The van der Waals surface area contributed by atoms with E-state index in [1.807, 2.05) is 26.0 Å². The van der Waals surface area contributed by atoms with Crippen molar-refractivity contribution in [1.82, 2.24) is 9.97 Å². The molecule has 0 aliphatic heterocycles. The first-order chi connectivity index (χ1) is 9.11. The number of nitrogens with one attached hydrogen (secondary N) is 1. The molecule has 2 aromatic rings. The molecule has 19 heavy (non-hydrogen) atoms. The summed E-state index contributed by atoms with van der Waals surface area (Å²) in [6.45, 7) is 6.88. The minimum absolute atomic E-state index is 0.512. The van der Waals surface area contributed by atoms with E-state index in [2.05, 4.69) is 44.2 Å². The van der Waals surface area contributed by atoms with Crippen LogP contribution in [0.5, 0.6) is 11.6 Å². The molecule has 0 aliphatic carbocycles. The molecule has 0 bridgehead atoms. The van der Waals surface area contributed by atoms with Gasteiger partial charge in [-0.05, 0) is 48.3 Å². The number of hydrogen-bond acceptors (Lipinski definition) is 4. The lowest BCUT2D eigenvalue weighted by atomic mass is 10.1. The fourth-order valence-electron chi connectivity index (χ4n) is 1.73. The lowest BCUT2D eigenvalue weighted by Gasteiger charge is -2.11. The van der Waals surface area contributed by atoms with Crippen LogP contribution in [-0.4, -0.2) is 16.5 Å². The summed E-state index contributed by atoms with van der Waals surface area (Å²) in [6, 6.07) is 6.05. The fourth-order valence-corrected chi connectivity index (χ4v) is 2.16. The monoisotopic (exact) mass is 321 g/mol. The molecular formula is C14H16BrN3O. The van der Waals surface area contributed by atoms with Gasteiger partial charge in [0.25, 0.3) is 0 Å². The maximum Gasteiger partial charge on any atom is 0.238 e. The molecule has 5 heteroatoms. The van der Waals surface area contributed by atoms with E-state index in [1.165, 1.54) is 11.9 Å². The van der Waals surface area contributed by atoms with E-state index in [-0.39, 0.29) is 0 Å². The van der Waals surface area contributed by atoms with Gasteiger partial charge in [0.1, 0.15) is 22.4 Å². The Morgan fingerprint density at radius 2 is 2.05 bits per heavy atom. The van der Waals surface area contributed by atoms with E-state index < -0.39 is 0 Å². The average Bonchev–Trinajstić information content (AvgIpc) is 2.37. The van der Waals surface area contributed by atoms with E-state index in [0.717, 1.165) is 28.1 Å². The molecule has 0 aliphatic rings. The van der Waals surface area contributed by atoms with Crippen LogP contribution in [0.3, 0.4) is 0 Å². The smallest absolute Gasteiger partial charge is 0.238 e. The van der Waals surface area contributed by atoms with Crippen molar-refractivity contribution >= 4 is 21.7 Å². The predicted octanol–water partition coefficient (Wildman–Crippen LogP) is 4.08. The SMILES string of the molecule is CCNc1ncnc(Oc2ccc(C)cc2C)c1Br. The van der Waals surface area contributed by atoms with Crippen molar-refractivity contribution in [1.29, 1.82) is 0 Å². The summed E-state index contributed by atoms with van der Waals surface area (Å²) in [6.07, 6.45) is 1.49. The van der Waals surface area contributed by atoms with E-state index in [4.69, 9.17) is 4.74 Å². The predicted molar refractivity (Wildman–Crippen MR) is 79.9 cm³/mol. The number of aryl methyl sites for hydroxylation is 2. The molecule has 1 aromatic heterocycles. The third kappa shape index (κ3) is 3.23. The number of nitrogens with zero attached hydrogens (tertiary/aromatic N) is 2. The van der Waals surface area contributed by atoms with Crippen LogP contribution in [0, 0.1) is 13.8 Å². The minimum Gasteiger partial charge on any atom is -0.437 e. The second-order valence-corrected chi connectivity index (χ2v) is 5.04. The molecule has 1 aromatic carbocycles. The molecule has 0 amide bonds. The molecule has 1 N–H and O–H groups in total. The van der Waals surface area contributed by atoms with E-state index in [0.29, 0.717) is 5.88 Å². The number of aromatic nitrogens is 2. The van der Waals surface area contributed by atoms with Gasteiger partial charge in [-0.1, -0.05) is 17.7 Å². The molecule has 1 heterocycles. The van der Waals surface area contributed by atoms with Gasteiger partial charge in [-0.3, -0.25) is 0 Å². The zero-order valence-electron chi connectivity index (χ0n) is 11.2. The summed E-state index contributed by atoms with van der Waals surface area (Å²) < 4.78 is 6.58. The molecule has 0 unspecified atom stereocenters. The van der Waals surface area contributed by atoms with Crippen LogP contribution < -0.4 is 10.1 Å². The number of hydrogen-bond donors (Lipinski definition) is 1. The van der Waals surface area contributed by atoms with E-state index in [1.54, 1.807) is 0 Å². The Morgan fingerprint density at radius 3 is 2.74 bits per heavy atom. The standard InChI is InChI=1S/C14H16BrN3O/c1-4-16-13-12(15)14(18-8-17-13)19-11-6-5-9(2)7-10(11)3/h5-8H,4H2,1-3H3,(H,16,17,18). The third-order valence-electron chi connectivity index (χ3n) is 2.64. The first-order valence-corrected chi connectivity index (χ1v) is 6.90. The molecule has 0 saturated heterocycles. The maximum absolute atomic E-state index is 5.84. The second kappa shape index (κ2) is 6.02. The van der Waals surface area contributed by atoms with Crippen LogP contribution in [0.4, 0.5) is 5.82 Å². The van der Waals surface area contributed by atoms with Gasteiger partial charge in [-0.25, -0.2) is 9.97 Å². The first kappa shape index (κ1) is 13.8. The summed E-state index contributed by atoms with van der Waals surface area (Å²) in [5.74, 6) is 2.04. The van der Waals surface area contributed by atoms with Crippen molar-refractivity contribution in [2.45, 2.75) is 20.8 Å². The largest absolute Gasteiger partial charge is 0.437 e. The maximum atomic E-state index is 5.84. The molecule has 0 spiro atoms. The Balaban J connectivity index is 2.30. The van der Waals surface area contributed by atoms with Gasteiger partial charge in [-0.15, -0.1) is 0 Å². The number of ether oxygens (including phenoxy) is 1. The fraction of sp³-hybridized carbons (Fsp3) is 0.286. The summed E-state index contributed by atoms with van der Waals surface area (Å²) in [5.41, 5.74) is 2.29. The lowest BCUT2D eigenvalue weighted by Crippen LogP contribution is -2.02. The van der Waals surface area contributed by atoms with Crippen LogP contribution in [-0.2, 0) is 0 Å². The molecule has 0 saturated carbocycles. The van der Waals surface area contributed by atoms with Crippen LogP contribution >= 0.6 is 15.9 Å². The van der Waals surface area contributed by atoms with E-state index in [9.17, 15) is 0 Å². The number of anilines is 1. The van der Waals surface area contributed by atoms with Gasteiger partial charge < -0.3 is 10.1 Å². The van der Waals surface area contributed by atoms with Crippen molar-refractivity contribution in [3.63, 3.8) is 0 Å². The Morgan fingerprint density at radius 1 is 1.26 bits per heavy atom. The highest BCUT2D eigenvalue weighted by molar-refractivity contribution is 9.10. The van der Waals surface area contributed by atoms with Crippen molar-refractivity contribution in [2.24, 2.45) is 0 Å². The summed E-state index contributed by atoms with van der Waals surface area (Å²) >= 11 is 3.47. The third-order valence-corrected chi connectivity index (χ3v) is 3.35. The van der Waals surface area contributed by atoms with Crippen molar-refractivity contribution in [3.05, 3.63) is 40.1 Å². The molecule has 0 fully saturated rings. The zero-order valence-corrected chi connectivity index (χ0v) is 12.8. The van der Waals surface area contributed by atoms with Gasteiger partial charge in [0.2, 0.25) is 5.88 Å². The first-order valence-electron chi connectivity index (χ1n) is 6.11. The summed E-state index contributed by atoms with van der Waals surface area (Å²) in [4.78, 5) is 8.32. The topological polar surface area (TPSA) is 47.0 Å². The van der Waals surface area contributed by atoms with Gasteiger partial charge in [-0.2, -0.15) is 0 Å². The second-order valence-electron chi connectivity index (χ2n) is 4.24. The van der Waals surface area contributed by atoms with Gasteiger partial charge in [0.15, 0.2) is 0 Å². The highest BCUT2D eigenvalue weighted by atomic mass is 79.9. The molecule has 100 valence electrons. The van der Waals surface area contributed by atoms with E-state index >= 15 is 0 Å². The zero-order chi connectivity index (χ0) is 13.8. The number of halogens is 1. The molecular weight excluding hydrogens is 306 g/mol. The van der Waals surface area contributed by atoms with Crippen LogP contribution in [0.2, 0.25) is 0 Å². The Kier molecular flexibility index (Phi) is 4.37. The molecule has 0 atom stereocenters. The van der Waals surface area contributed by atoms with Crippen LogP contribution in [0.15, 0.2) is 29.0 Å². The van der Waals surface area contributed by atoms with Gasteiger partial charge in [0.05, 0.1) is 0 Å². The van der Waals surface area contributed by atoms with Crippen LogP contribution in [0.1, 0.15) is 18.1 Å². The summed E-state index contributed by atoms with van der Waals surface area (Å²) in [5, 5.41) is 3.15. The van der Waals surface area contributed by atoms with Crippen molar-refractivity contribution in [2.75, 3.05) is 11.9 Å².